The van der Waals surface area contributed by atoms with E-state index in [4.69, 9.17) is 11.6 Å². The molecule has 0 atom stereocenters. The Labute approximate surface area is 133 Å². The van der Waals surface area contributed by atoms with E-state index in [-0.39, 0.29) is 5.69 Å². The third-order valence-electron chi connectivity index (χ3n) is 3.97. The summed E-state index contributed by atoms with van der Waals surface area (Å²) in [7, 11) is 1.79. The zero-order valence-electron chi connectivity index (χ0n) is 12.6. The number of hydrogen-bond donors (Lipinski definition) is 1. The Bertz CT molecular complexity index is 909. The van der Waals surface area contributed by atoms with Crippen LogP contribution in [0.2, 0.25) is 5.02 Å². The van der Waals surface area contributed by atoms with Crippen molar-refractivity contribution < 1.29 is 9.90 Å². The van der Waals surface area contributed by atoms with Gasteiger partial charge in [-0.1, -0.05) is 41.4 Å². The Kier molecular flexibility index (Phi) is 3.45. The van der Waals surface area contributed by atoms with Gasteiger partial charge in [-0.3, -0.25) is 0 Å². The molecule has 22 heavy (non-hydrogen) atoms. The first-order valence-electron chi connectivity index (χ1n) is 6.99. The molecule has 0 fully saturated rings. The molecule has 0 saturated heterocycles. The van der Waals surface area contributed by atoms with Gasteiger partial charge in [0.05, 0.1) is 5.52 Å². The fourth-order valence-electron chi connectivity index (χ4n) is 3.19. The van der Waals surface area contributed by atoms with Gasteiger partial charge in [0.15, 0.2) is 0 Å². The van der Waals surface area contributed by atoms with Crippen LogP contribution in [0.25, 0.3) is 22.0 Å². The smallest absolute Gasteiger partial charge is 0.353 e. The Morgan fingerprint density at radius 1 is 1.18 bits per heavy atom. The lowest BCUT2D eigenvalue weighted by Gasteiger charge is -2.06. The van der Waals surface area contributed by atoms with E-state index < -0.39 is 5.97 Å². The molecule has 0 radical (unpaired) electrons. The number of aromatic nitrogens is 1. The number of hydrogen-bond acceptors (Lipinski definition) is 1. The van der Waals surface area contributed by atoms with Crippen LogP contribution >= 0.6 is 11.6 Å². The van der Waals surface area contributed by atoms with Crippen LogP contribution in [-0.2, 0) is 7.05 Å². The van der Waals surface area contributed by atoms with Crippen molar-refractivity contribution in [3.8, 4) is 11.1 Å². The highest BCUT2D eigenvalue weighted by molar-refractivity contribution is 6.34. The minimum absolute atomic E-state index is 0.261. The molecule has 0 aliphatic rings. The molecule has 4 heteroatoms. The fraction of sp³-hybridized carbons (Fsp3) is 0.167. The fourth-order valence-corrected chi connectivity index (χ4v) is 3.42. The number of aryl methyl sites for hydroxylation is 3. The highest BCUT2D eigenvalue weighted by Crippen LogP contribution is 2.39. The minimum atomic E-state index is -0.953. The Hall–Kier alpha value is -2.26. The standard InChI is InChI=1S/C18H16ClNO2/c1-10-8-11(2)16-13(9-10)15(17(18(21)22)20(16)3)12-6-4-5-7-14(12)19/h4-9H,1-3H3,(H,21,22). The maximum Gasteiger partial charge on any atom is 0.353 e. The molecule has 3 nitrogen and oxygen atoms in total. The van der Waals surface area contributed by atoms with Crippen molar-refractivity contribution in [3.05, 3.63) is 58.2 Å². The lowest BCUT2D eigenvalue weighted by molar-refractivity contribution is 0.0688. The van der Waals surface area contributed by atoms with E-state index in [2.05, 4.69) is 6.07 Å². The van der Waals surface area contributed by atoms with Crippen molar-refractivity contribution in [3.63, 3.8) is 0 Å². The number of fused-ring (bicyclic) bond motifs is 1. The quantitative estimate of drug-likeness (QED) is 0.737. The van der Waals surface area contributed by atoms with E-state index in [1.165, 1.54) is 0 Å². The summed E-state index contributed by atoms with van der Waals surface area (Å²) < 4.78 is 1.74. The number of carboxylic acids is 1. The molecule has 2 aromatic carbocycles. The van der Waals surface area contributed by atoms with Crippen LogP contribution in [0, 0.1) is 13.8 Å². The molecule has 0 amide bonds. The number of carboxylic acid groups (broad SMARTS) is 1. The number of halogens is 1. The third-order valence-corrected chi connectivity index (χ3v) is 4.30. The molecule has 0 spiro atoms. The first-order valence-corrected chi connectivity index (χ1v) is 7.37. The van der Waals surface area contributed by atoms with Crippen LogP contribution in [0.4, 0.5) is 0 Å². The summed E-state index contributed by atoms with van der Waals surface area (Å²) in [5, 5.41) is 11.2. The third kappa shape index (κ3) is 2.09. The number of benzene rings is 2. The monoisotopic (exact) mass is 313 g/mol. The van der Waals surface area contributed by atoms with E-state index in [9.17, 15) is 9.90 Å². The van der Waals surface area contributed by atoms with Gasteiger partial charge in [0.1, 0.15) is 5.69 Å². The Morgan fingerprint density at radius 2 is 1.86 bits per heavy atom. The molecule has 0 bridgehead atoms. The lowest BCUT2D eigenvalue weighted by Crippen LogP contribution is -2.06. The summed E-state index contributed by atoms with van der Waals surface area (Å²) in [6, 6.07) is 11.4. The van der Waals surface area contributed by atoms with Gasteiger partial charge in [0.25, 0.3) is 0 Å². The highest BCUT2D eigenvalue weighted by atomic mass is 35.5. The molecule has 0 unspecified atom stereocenters. The van der Waals surface area contributed by atoms with E-state index in [0.717, 1.165) is 27.6 Å². The zero-order valence-corrected chi connectivity index (χ0v) is 13.4. The summed E-state index contributed by atoms with van der Waals surface area (Å²) >= 11 is 6.32. The second kappa shape index (κ2) is 5.18. The predicted molar refractivity (Wildman–Crippen MR) is 89.8 cm³/mol. The molecule has 112 valence electrons. The van der Waals surface area contributed by atoms with Crippen LogP contribution in [0.3, 0.4) is 0 Å². The van der Waals surface area contributed by atoms with Gasteiger partial charge in [-0.2, -0.15) is 0 Å². The van der Waals surface area contributed by atoms with Crippen LogP contribution in [0.5, 0.6) is 0 Å². The van der Waals surface area contributed by atoms with Crippen molar-refractivity contribution in [2.75, 3.05) is 0 Å². The first-order chi connectivity index (χ1) is 10.4. The maximum atomic E-state index is 11.8. The van der Waals surface area contributed by atoms with E-state index in [1.54, 1.807) is 17.7 Å². The van der Waals surface area contributed by atoms with Crippen LogP contribution < -0.4 is 0 Å². The van der Waals surface area contributed by atoms with Crippen molar-refractivity contribution in [2.24, 2.45) is 7.05 Å². The van der Waals surface area contributed by atoms with Crippen molar-refractivity contribution >= 4 is 28.5 Å². The molecule has 0 aliphatic carbocycles. The molecular weight excluding hydrogens is 298 g/mol. The number of nitrogens with zero attached hydrogens (tertiary/aromatic N) is 1. The zero-order chi connectivity index (χ0) is 16.0. The van der Waals surface area contributed by atoms with Crippen LogP contribution in [-0.4, -0.2) is 15.6 Å². The second-order valence-corrected chi connectivity index (χ2v) is 5.95. The van der Waals surface area contributed by atoms with Crippen molar-refractivity contribution in [1.29, 1.82) is 0 Å². The van der Waals surface area contributed by atoms with Gasteiger partial charge < -0.3 is 9.67 Å². The van der Waals surface area contributed by atoms with Gasteiger partial charge in [0.2, 0.25) is 0 Å². The summed E-state index contributed by atoms with van der Waals surface area (Å²) in [5.41, 5.74) is 4.77. The Balaban J connectivity index is 2.55. The second-order valence-electron chi connectivity index (χ2n) is 5.55. The molecule has 0 aliphatic heterocycles. The first kappa shape index (κ1) is 14.7. The summed E-state index contributed by atoms with van der Waals surface area (Å²) in [5.74, 6) is -0.953. The summed E-state index contributed by atoms with van der Waals surface area (Å²) in [6.45, 7) is 4.01. The van der Waals surface area contributed by atoms with Gasteiger partial charge in [-0.25, -0.2) is 4.79 Å². The number of carbonyl (C=O) groups is 1. The van der Waals surface area contributed by atoms with Gasteiger partial charge in [0, 0.05) is 28.6 Å². The molecule has 1 aromatic heterocycles. The average Bonchev–Trinajstić information content (AvgIpc) is 2.72. The van der Waals surface area contributed by atoms with E-state index >= 15 is 0 Å². The highest BCUT2D eigenvalue weighted by Gasteiger charge is 2.24. The van der Waals surface area contributed by atoms with Gasteiger partial charge >= 0.3 is 5.97 Å². The predicted octanol–water partition coefficient (Wildman–Crippen LogP) is 4.81. The molecule has 0 saturated carbocycles. The normalized spacial score (nSPS) is 11.1. The molecule has 1 heterocycles. The lowest BCUT2D eigenvalue weighted by atomic mass is 9.99. The van der Waals surface area contributed by atoms with Gasteiger partial charge in [-0.15, -0.1) is 0 Å². The SMILES string of the molecule is Cc1cc(C)c2c(c1)c(-c1ccccc1Cl)c(C(=O)O)n2C. The summed E-state index contributed by atoms with van der Waals surface area (Å²) in [4.78, 5) is 11.8. The van der Waals surface area contributed by atoms with Crippen LogP contribution in [0.15, 0.2) is 36.4 Å². The van der Waals surface area contributed by atoms with Gasteiger partial charge in [-0.05, 0) is 31.5 Å². The number of rotatable bonds is 2. The van der Waals surface area contributed by atoms with E-state index in [0.29, 0.717) is 10.6 Å². The van der Waals surface area contributed by atoms with Crippen molar-refractivity contribution in [2.45, 2.75) is 13.8 Å². The Morgan fingerprint density at radius 3 is 2.50 bits per heavy atom. The largest absolute Gasteiger partial charge is 0.477 e. The minimum Gasteiger partial charge on any atom is -0.477 e. The average molecular weight is 314 g/mol. The molecule has 3 aromatic rings. The van der Waals surface area contributed by atoms with E-state index in [1.807, 2.05) is 38.1 Å². The molecule has 1 N–H and O–H groups in total. The molecular formula is C18H16ClNO2. The van der Waals surface area contributed by atoms with Crippen LogP contribution in [0.1, 0.15) is 21.6 Å². The topological polar surface area (TPSA) is 42.2 Å². The van der Waals surface area contributed by atoms with Crippen molar-refractivity contribution in [1.82, 2.24) is 4.57 Å². The molecule has 3 rings (SSSR count). The maximum absolute atomic E-state index is 11.8. The number of aromatic carboxylic acids is 1. The summed E-state index contributed by atoms with van der Waals surface area (Å²) in [6.07, 6.45) is 0.